The normalized spacial score (nSPS) is 19.1. The number of benzene rings is 1. The van der Waals surface area contributed by atoms with Gasteiger partial charge in [-0.3, -0.25) is 0 Å². The lowest BCUT2D eigenvalue weighted by atomic mass is 9.89. The van der Waals surface area contributed by atoms with Crippen LogP contribution >= 0.6 is 15.9 Å². The molecule has 0 unspecified atom stereocenters. The van der Waals surface area contributed by atoms with Crippen molar-refractivity contribution in [2.75, 3.05) is 7.11 Å². The molecule has 3 heteroatoms. The molecule has 0 amide bonds. The van der Waals surface area contributed by atoms with Crippen molar-refractivity contribution in [1.29, 1.82) is 0 Å². The predicted molar refractivity (Wildman–Crippen MR) is 65.0 cm³/mol. The predicted octanol–water partition coefficient (Wildman–Crippen LogP) is 3.19. The third kappa shape index (κ3) is 1.91. The molecule has 82 valence electrons. The van der Waals surface area contributed by atoms with E-state index in [0.717, 1.165) is 28.6 Å². The SMILES string of the molecule is COc1cccc(Br)c1C1(N)CCCC1. The van der Waals surface area contributed by atoms with Crippen molar-refractivity contribution in [2.24, 2.45) is 5.73 Å². The highest BCUT2D eigenvalue weighted by Gasteiger charge is 2.35. The Hall–Kier alpha value is -0.540. The number of hydrogen-bond acceptors (Lipinski definition) is 2. The van der Waals surface area contributed by atoms with E-state index in [2.05, 4.69) is 15.9 Å². The molecule has 0 radical (unpaired) electrons. The average molecular weight is 270 g/mol. The van der Waals surface area contributed by atoms with E-state index in [9.17, 15) is 0 Å². The zero-order chi connectivity index (χ0) is 10.9. The van der Waals surface area contributed by atoms with E-state index >= 15 is 0 Å². The third-order valence-electron chi connectivity index (χ3n) is 3.19. The number of nitrogens with two attached hydrogens (primary N) is 1. The molecule has 15 heavy (non-hydrogen) atoms. The topological polar surface area (TPSA) is 35.2 Å². The minimum Gasteiger partial charge on any atom is -0.496 e. The minimum absolute atomic E-state index is 0.203. The highest BCUT2D eigenvalue weighted by atomic mass is 79.9. The molecule has 1 fully saturated rings. The van der Waals surface area contributed by atoms with Gasteiger partial charge in [0, 0.05) is 15.6 Å². The summed E-state index contributed by atoms with van der Waals surface area (Å²) in [6, 6.07) is 5.99. The van der Waals surface area contributed by atoms with E-state index < -0.39 is 0 Å². The van der Waals surface area contributed by atoms with Crippen LogP contribution in [0.15, 0.2) is 22.7 Å². The summed E-state index contributed by atoms with van der Waals surface area (Å²) in [5, 5.41) is 0. The first kappa shape index (κ1) is 11.0. The van der Waals surface area contributed by atoms with Crippen LogP contribution in [0.1, 0.15) is 31.2 Å². The molecule has 2 nitrogen and oxygen atoms in total. The van der Waals surface area contributed by atoms with Crippen LogP contribution in [0.25, 0.3) is 0 Å². The van der Waals surface area contributed by atoms with E-state index in [-0.39, 0.29) is 5.54 Å². The summed E-state index contributed by atoms with van der Waals surface area (Å²) in [6.45, 7) is 0. The summed E-state index contributed by atoms with van der Waals surface area (Å²) in [6.07, 6.45) is 4.51. The van der Waals surface area contributed by atoms with E-state index in [4.69, 9.17) is 10.5 Å². The van der Waals surface area contributed by atoms with Gasteiger partial charge in [0.15, 0.2) is 0 Å². The molecule has 0 aromatic heterocycles. The van der Waals surface area contributed by atoms with E-state index in [1.165, 1.54) is 12.8 Å². The minimum atomic E-state index is -0.203. The Balaban J connectivity index is 2.49. The van der Waals surface area contributed by atoms with Crippen LogP contribution in [0, 0.1) is 0 Å². The van der Waals surface area contributed by atoms with Gasteiger partial charge in [0.05, 0.1) is 7.11 Å². The monoisotopic (exact) mass is 269 g/mol. The van der Waals surface area contributed by atoms with Crippen molar-refractivity contribution in [2.45, 2.75) is 31.2 Å². The van der Waals surface area contributed by atoms with Gasteiger partial charge in [-0.05, 0) is 25.0 Å². The largest absolute Gasteiger partial charge is 0.496 e. The average Bonchev–Trinajstić information content (AvgIpc) is 2.65. The van der Waals surface area contributed by atoms with Crippen LogP contribution in [-0.4, -0.2) is 7.11 Å². The van der Waals surface area contributed by atoms with Crippen LogP contribution in [0.3, 0.4) is 0 Å². The van der Waals surface area contributed by atoms with Gasteiger partial charge in [-0.1, -0.05) is 34.8 Å². The standard InChI is InChI=1S/C12H16BrNO/c1-15-10-6-4-5-9(13)11(10)12(14)7-2-3-8-12/h4-6H,2-3,7-8,14H2,1H3. The van der Waals surface area contributed by atoms with Crippen LogP contribution in [0.4, 0.5) is 0 Å². The van der Waals surface area contributed by atoms with Crippen molar-refractivity contribution < 1.29 is 4.74 Å². The molecule has 0 spiro atoms. The highest BCUT2D eigenvalue weighted by molar-refractivity contribution is 9.10. The maximum atomic E-state index is 6.45. The quantitative estimate of drug-likeness (QED) is 0.895. The Morgan fingerprint density at radius 2 is 2.00 bits per heavy atom. The lowest BCUT2D eigenvalue weighted by molar-refractivity contribution is 0.378. The summed E-state index contributed by atoms with van der Waals surface area (Å²) in [5.41, 5.74) is 7.37. The van der Waals surface area contributed by atoms with Gasteiger partial charge in [-0.2, -0.15) is 0 Å². The van der Waals surface area contributed by atoms with Crippen LogP contribution in [0.5, 0.6) is 5.75 Å². The van der Waals surface area contributed by atoms with Gasteiger partial charge >= 0.3 is 0 Å². The Bertz CT molecular complexity index is 359. The van der Waals surface area contributed by atoms with Crippen LogP contribution in [-0.2, 0) is 5.54 Å². The van der Waals surface area contributed by atoms with Gasteiger partial charge in [0.2, 0.25) is 0 Å². The number of halogens is 1. The molecule has 2 rings (SSSR count). The zero-order valence-electron chi connectivity index (χ0n) is 8.92. The van der Waals surface area contributed by atoms with Gasteiger partial charge in [-0.25, -0.2) is 0 Å². The second kappa shape index (κ2) is 4.14. The van der Waals surface area contributed by atoms with Crippen molar-refractivity contribution in [3.05, 3.63) is 28.2 Å². The number of ether oxygens (including phenoxy) is 1. The number of rotatable bonds is 2. The molecule has 0 heterocycles. The Kier molecular flexibility index (Phi) is 3.03. The summed E-state index contributed by atoms with van der Waals surface area (Å²) >= 11 is 3.57. The number of hydrogen-bond donors (Lipinski definition) is 1. The summed E-state index contributed by atoms with van der Waals surface area (Å²) in [5.74, 6) is 0.897. The fourth-order valence-corrected chi connectivity index (χ4v) is 3.16. The Morgan fingerprint density at radius 1 is 1.33 bits per heavy atom. The summed E-state index contributed by atoms with van der Waals surface area (Å²) in [7, 11) is 1.70. The zero-order valence-corrected chi connectivity index (χ0v) is 10.5. The van der Waals surface area contributed by atoms with Crippen LogP contribution < -0.4 is 10.5 Å². The molecule has 0 saturated heterocycles. The molecule has 1 aromatic rings. The molecule has 2 N–H and O–H groups in total. The highest BCUT2D eigenvalue weighted by Crippen LogP contribution is 2.43. The second-order valence-corrected chi connectivity index (χ2v) is 5.03. The molecule has 1 aliphatic rings. The summed E-state index contributed by atoms with van der Waals surface area (Å²) < 4.78 is 6.46. The molecule has 0 atom stereocenters. The van der Waals surface area contributed by atoms with E-state index in [0.29, 0.717) is 0 Å². The lowest BCUT2D eigenvalue weighted by Crippen LogP contribution is -2.34. The van der Waals surface area contributed by atoms with E-state index in [1.807, 2.05) is 18.2 Å². The molecular weight excluding hydrogens is 254 g/mol. The number of methoxy groups -OCH3 is 1. The first-order valence-electron chi connectivity index (χ1n) is 5.29. The third-order valence-corrected chi connectivity index (χ3v) is 3.85. The molecule has 0 aliphatic heterocycles. The fourth-order valence-electron chi connectivity index (χ4n) is 2.41. The Labute approximate surface area is 98.9 Å². The second-order valence-electron chi connectivity index (χ2n) is 4.18. The van der Waals surface area contributed by atoms with Crippen molar-refractivity contribution in [3.63, 3.8) is 0 Å². The van der Waals surface area contributed by atoms with Crippen molar-refractivity contribution >= 4 is 15.9 Å². The smallest absolute Gasteiger partial charge is 0.125 e. The van der Waals surface area contributed by atoms with Gasteiger partial charge in [0.25, 0.3) is 0 Å². The molecular formula is C12H16BrNO. The van der Waals surface area contributed by atoms with Gasteiger partial charge < -0.3 is 10.5 Å². The molecule has 1 aromatic carbocycles. The first-order valence-corrected chi connectivity index (χ1v) is 6.08. The Morgan fingerprint density at radius 3 is 2.60 bits per heavy atom. The molecule has 1 aliphatic carbocycles. The van der Waals surface area contributed by atoms with Crippen LogP contribution in [0.2, 0.25) is 0 Å². The molecule has 0 bridgehead atoms. The first-order chi connectivity index (χ1) is 7.17. The maximum Gasteiger partial charge on any atom is 0.125 e. The van der Waals surface area contributed by atoms with Crippen molar-refractivity contribution in [1.82, 2.24) is 0 Å². The summed E-state index contributed by atoms with van der Waals surface area (Å²) in [4.78, 5) is 0. The maximum absolute atomic E-state index is 6.45. The van der Waals surface area contributed by atoms with Gasteiger partial charge in [-0.15, -0.1) is 0 Å². The fraction of sp³-hybridized carbons (Fsp3) is 0.500. The molecule has 1 saturated carbocycles. The van der Waals surface area contributed by atoms with E-state index in [1.54, 1.807) is 7.11 Å². The van der Waals surface area contributed by atoms with Crippen molar-refractivity contribution in [3.8, 4) is 5.75 Å². The van der Waals surface area contributed by atoms with Gasteiger partial charge in [0.1, 0.15) is 5.75 Å². The lowest BCUT2D eigenvalue weighted by Gasteiger charge is -2.27.